The fourth-order valence-electron chi connectivity index (χ4n) is 3.46. The Hall–Kier alpha value is -0.660. The van der Waals surface area contributed by atoms with Crippen molar-refractivity contribution in [2.75, 3.05) is 13.1 Å². The lowest BCUT2D eigenvalue weighted by atomic mass is 10.1. The van der Waals surface area contributed by atoms with Crippen LogP contribution in [0, 0.1) is 0 Å². The highest BCUT2D eigenvalue weighted by atomic mass is 15.4. The minimum Gasteiger partial charge on any atom is -0.356 e. The van der Waals surface area contributed by atoms with Gasteiger partial charge in [0, 0.05) is 25.5 Å². The van der Waals surface area contributed by atoms with E-state index < -0.39 is 0 Å². The Bertz CT molecular complexity index is 288. The molecule has 1 unspecified atom stereocenters. The highest BCUT2D eigenvalue weighted by Gasteiger charge is 2.20. The van der Waals surface area contributed by atoms with Crippen molar-refractivity contribution in [1.82, 2.24) is 9.80 Å². The Morgan fingerprint density at radius 3 is 1.30 bits per heavy atom. The molecule has 0 fully saturated rings. The summed E-state index contributed by atoms with van der Waals surface area (Å²) in [5.41, 5.74) is 0. The van der Waals surface area contributed by atoms with Gasteiger partial charge in [0.15, 0.2) is 0 Å². The topological polar surface area (TPSA) is 6.48 Å². The van der Waals surface area contributed by atoms with Crippen molar-refractivity contribution in [2.45, 2.75) is 110 Å². The van der Waals surface area contributed by atoms with E-state index in [1.165, 1.54) is 96.6 Å². The van der Waals surface area contributed by atoms with Gasteiger partial charge in [-0.25, -0.2) is 0 Å². The first-order chi connectivity index (χ1) is 11.3. The van der Waals surface area contributed by atoms with Gasteiger partial charge in [-0.15, -0.1) is 0 Å². The first-order valence-corrected chi connectivity index (χ1v) is 10.5. The highest BCUT2D eigenvalue weighted by molar-refractivity contribution is 4.95. The summed E-state index contributed by atoms with van der Waals surface area (Å²) in [6, 6.07) is 0. The monoisotopic (exact) mass is 322 g/mol. The van der Waals surface area contributed by atoms with E-state index in [2.05, 4.69) is 43.0 Å². The summed E-state index contributed by atoms with van der Waals surface area (Å²) in [4.78, 5) is 5.06. The number of nitrogens with zero attached hydrogens (tertiary/aromatic N) is 2. The molecule has 1 heterocycles. The molecule has 23 heavy (non-hydrogen) atoms. The van der Waals surface area contributed by atoms with E-state index in [4.69, 9.17) is 0 Å². The maximum absolute atomic E-state index is 2.53. The first-order valence-electron chi connectivity index (χ1n) is 10.5. The van der Waals surface area contributed by atoms with E-state index in [0.717, 1.165) is 0 Å². The molecular weight excluding hydrogens is 280 g/mol. The standard InChI is InChI=1S/C21H42N2/c1-4-6-8-10-12-14-16-18-23-20-19-22(21(23)3)17-15-13-11-9-7-5-2/h19-21H,4-18H2,1-3H3. The predicted octanol–water partition coefficient (Wildman–Crippen LogP) is 6.53. The molecule has 0 aromatic rings. The molecule has 1 atom stereocenters. The van der Waals surface area contributed by atoms with Gasteiger partial charge in [-0.05, 0) is 19.8 Å². The first kappa shape index (κ1) is 20.4. The maximum Gasteiger partial charge on any atom is 0.0977 e. The van der Waals surface area contributed by atoms with E-state index in [-0.39, 0.29) is 0 Å². The molecule has 136 valence electrons. The number of unbranched alkanes of at least 4 members (excludes halogenated alkanes) is 11. The van der Waals surface area contributed by atoms with E-state index in [1.807, 2.05) is 0 Å². The quantitative estimate of drug-likeness (QED) is 0.316. The van der Waals surface area contributed by atoms with Crippen LogP contribution in [0.3, 0.4) is 0 Å². The normalized spacial score (nSPS) is 17.4. The Balaban J connectivity index is 2.00. The summed E-state index contributed by atoms with van der Waals surface area (Å²) in [6.45, 7) is 9.41. The van der Waals surface area contributed by atoms with Crippen molar-refractivity contribution >= 4 is 0 Å². The second-order valence-electron chi connectivity index (χ2n) is 7.29. The number of rotatable bonds is 15. The van der Waals surface area contributed by atoms with Crippen LogP contribution in [0.5, 0.6) is 0 Å². The van der Waals surface area contributed by atoms with Crippen LogP contribution in [-0.4, -0.2) is 29.1 Å². The summed E-state index contributed by atoms with van der Waals surface area (Å²) < 4.78 is 0. The molecule has 1 aliphatic heterocycles. The van der Waals surface area contributed by atoms with Crippen LogP contribution in [0.2, 0.25) is 0 Å². The third-order valence-corrected chi connectivity index (χ3v) is 5.20. The Morgan fingerprint density at radius 1 is 0.565 bits per heavy atom. The fraction of sp³-hybridized carbons (Fsp3) is 0.905. The fourth-order valence-corrected chi connectivity index (χ4v) is 3.46. The Labute approximate surface area is 146 Å². The third kappa shape index (κ3) is 9.27. The van der Waals surface area contributed by atoms with Crippen LogP contribution in [0.1, 0.15) is 104 Å². The van der Waals surface area contributed by atoms with Crippen LogP contribution in [0.15, 0.2) is 12.4 Å². The van der Waals surface area contributed by atoms with Crippen molar-refractivity contribution in [3.05, 3.63) is 12.4 Å². The average molecular weight is 323 g/mol. The lowest BCUT2D eigenvalue weighted by molar-refractivity contribution is 0.165. The maximum atomic E-state index is 2.53. The van der Waals surface area contributed by atoms with Crippen molar-refractivity contribution in [2.24, 2.45) is 0 Å². The molecule has 0 saturated carbocycles. The zero-order valence-electron chi connectivity index (χ0n) is 16.2. The molecule has 2 nitrogen and oxygen atoms in total. The lowest BCUT2D eigenvalue weighted by Crippen LogP contribution is -2.36. The molecule has 0 radical (unpaired) electrons. The van der Waals surface area contributed by atoms with Gasteiger partial charge in [0.25, 0.3) is 0 Å². The number of hydrogen-bond acceptors (Lipinski definition) is 2. The SMILES string of the molecule is CCCCCCCCCN1C=CN(CCCCCCCC)C1C. The molecule has 0 aromatic heterocycles. The number of hydrogen-bond donors (Lipinski definition) is 0. The van der Waals surface area contributed by atoms with Crippen LogP contribution < -0.4 is 0 Å². The van der Waals surface area contributed by atoms with Gasteiger partial charge >= 0.3 is 0 Å². The van der Waals surface area contributed by atoms with E-state index in [0.29, 0.717) is 6.17 Å². The molecule has 1 rings (SSSR count). The molecule has 0 saturated heterocycles. The second kappa shape index (κ2) is 13.7. The van der Waals surface area contributed by atoms with Gasteiger partial charge < -0.3 is 9.80 Å². The van der Waals surface area contributed by atoms with Gasteiger partial charge in [0.2, 0.25) is 0 Å². The zero-order valence-corrected chi connectivity index (χ0v) is 16.2. The van der Waals surface area contributed by atoms with E-state index in [1.54, 1.807) is 0 Å². The molecule has 0 bridgehead atoms. The van der Waals surface area contributed by atoms with Crippen molar-refractivity contribution in [3.63, 3.8) is 0 Å². The van der Waals surface area contributed by atoms with Gasteiger partial charge in [0.05, 0.1) is 6.17 Å². The molecule has 0 amide bonds. The minimum atomic E-state index is 0.575. The summed E-state index contributed by atoms with van der Waals surface area (Å²) in [5.74, 6) is 0. The Kier molecular flexibility index (Phi) is 12.2. The Morgan fingerprint density at radius 2 is 0.913 bits per heavy atom. The van der Waals surface area contributed by atoms with Gasteiger partial charge in [-0.1, -0.05) is 84.5 Å². The molecule has 0 N–H and O–H groups in total. The second-order valence-corrected chi connectivity index (χ2v) is 7.29. The zero-order chi connectivity index (χ0) is 16.8. The smallest absolute Gasteiger partial charge is 0.0977 e. The van der Waals surface area contributed by atoms with Crippen LogP contribution >= 0.6 is 0 Å². The molecule has 0 aromatic carbocycles. The molecule has 1 aliphatic rings. The third-order valence-electron chi connectivity index (χ3n) is 5.20. The van der Waals surface area contributed by atoms with Crippen molar-refractivity contribution < 1.29 is 0 Å². The van der Waals surface area contributed by atoms with E-state index in [9.17, 15) is 0 Å². The van der Waals surface area contributed by atoms with Crippen molar-refractivity contribution in [3.8, 4) is 0 Å². The summed E-state index contributed by atoms with van der Waals surface area (Å²) >= 11 is 0. The molecular formula is C21H42N2. The van der Waals surface area contributed by atoms with Gasteiger partial charge in [-0.3, -0.25) is 0 Å². The molecule has 2 heteroatoms. The predicted molar refractivity (Wildman–Crippen MR) is 103 cm³/mol. The van der Waals surface area contributed by atoms with E-state index >= 15 is 0 Å². The van der Waals surface area contributed by atoms with Crippen LogP contribution in [-0.2, 0) is 0 Å². The van der Waals surface area contributed by atoms with Crippen LogP contribution in [0.25, 0.3) is 0 Å². The summed E-state index contributed by atoms with van der Waals surface area (Å²) in [6.07, 6.45) is 23.4. The summed E-state index contributed by atoms with van der Waals surface area (Å²) in [5, 5.41) is 0. The van der Waals surface area contributed by atoms with Crippen molar-refractivity contribution in [1.29, 1.82) is 0 Å². The molecule has 0 aliphatic carbocycles. The lowest BCUT2D eigenvalue weighted by Gasteiger charge is -2.30. The molecule has 0 spiro atoms. The largest absolute Gasteiger partial charge is 0.356 e. The van der Waals surface area contributed by atoms with Gasteiger partial charge in [-0.2, -0.15) is 0 Å². The van der Waals surface area contributed by atoms with Gasteiger partial charge in [0.1, 0.15) is 0 Å². The van der Waals surface area contributed by atoms with Crippen LogP contribution in [0.4, 0.5) is 0 Å². The average Bonchev–Trinajstić information content (AvgIpc) is 2.90. The summed E-state index contributed by atoms with van der Waals surface area (Å²) in [7, 11) is 0. The minimum absolute atomic E-state index is 0.575. The highest BCUT2D eigenvalue weighted by Crippen LogP contribution is 2.18.